The highest BCUT2D eigenvalue weighted by Crippen LogP contribution is 2.37. The zero-order valence-electron chi connectivity index (χ0n) is 12.9. The van der Waals surface area contributed by atoms with Gasteiger partial charge in [-0.1, -0.05) is 18.9 Å². The summed E-state index contributed by atoms with van der Waals surface area (Å²) in [5.41, 5.74) is 0. The summed E-state index contributed by atoms with van der Waals surface area (Å²) >= 11 is 1.90. The quantitative estimate of drug-likeness (QED) is 0.887. The van der Waals surface area contributed by atoms with E-state index in [1.54, 1.807) is 0 Å². The number of nitrogens with zero attached hydrogens (tertiary/aromatic N) is 2. The van der Waals surface area contributed by atoms with Crippen molar-refractivity contribution in [1.82, 2.24) is 15.1 Å². The molecule has 1 saturated carbocycles. The van der Waals surface area contributed by atoms with Gasteiger partial charge in [-0.15, -0.1) is 11.3 Å². The van der Waals surface area contributed by atoms with E-state index in [4.69, 9.17) is 0 Å². The average Bonchev–Trinajstić information content (AvgIpc) is 3.30. The van der Waals surface area contributed by atoms with Crippen LogP contribution in [-0.4, -0.2) is 22.9 Å². The molecule has 3 heterocycles. The molecule has 4 nitrogen and oxygen atoms in total. The Labute approximate surface area is 135 Å². The third-order valence-corrected chi connectivity index (χ3v) is 6.02. The van der Waals surface area contributed by atoms with Gasteiger partial charge in [-0.3, -0.25) is 0 Å². The minimum atomic E-state index is 0.543. The lowest BCUT2D eigenvalue weighted by molar-refractivity contribution is 0.321. The zero-order valence-corrected chi connectivity index (χ0v) is 13.7. The van der Waals surface area contributed by atoms with E-state index in [0.717, 1.165) is 31.4 Å². The lowest BCUT2D eigenvalue weighted by Crippen LogP contribution is -2.38. The predicted octanol–water partition coefficient (Wildman–Crippen LogP) is 3.51. The van der Waals surface area contributed by atoms with Crippen LogP contribution in [0.4, 0.5) is 5.82 Å². The minimum absolute atomic E-state index is 0.543. The van der Waals surface area contributed by atoms with Gasteiger partial charge in [0.15, 0.2) is 0 Å². The van der Waals surface area contributed by atoms with E-state index >= 15 is 0 Å². The van der Waals surface area contributed by atoms with E-state index in [2.05, 4.69) is 44.0 Å². The molecular weight excluding hydrogens is 292 g/mol. The molecule has 2 atom stereocenters. The summed E-state index contributed by atoms with van der Waals surface area (Å²) in [4.78, 5) is 1.51. The van der Waals surface area contributed by atoms with E-state index in [9.17, 15) is 0 Å². The van der Waals surface area contributed by atoms with E-state index in [1.807, 2.05) is 17.5 Å². The van der Waals surface area contributed by atoms with Crippen LogP contribution >= 0.6 is 11.3 Å². The second-order valence-corrected chi connectivity index (χ2v) is 7.57. The first-order chi connectivity index (χ1) is 10.9. The molecule has 22 heavy (non-hydrogen) atoms. The molecule has 1 fully saturated rings. The molecule has 1 aliphatic heterocycles. The Balaban J connectivity index is 1.40. The fourth-order valence-corrected chi connectivity index (χ4v) is 4.77. The molecule has 2 aliphatic rings. The Morgan fingerprint density at radius 1 is 1.36 bits per heavy atom. The largest absolute Gasteiger partial charge is 0.370 e. The van der Waals surface area contributed by atoms with Crippen LogP contribution in [0.3, 0.4) is 0 Å². The summed E-state index contributed by atoms with van der Waals surface area (Å²) < 4.78 is 2.09. The Hall–Kier alpha value is -1.33. The van der Waals surface area contributed by atoms with Gasteiger partial charge in [0.05, 0.1) is 6.20 Å². The van der Waals surface area contributed by atoms with Crippen LogP contribution < -0.4 is 10.6 Å². The Morgan fingerprint density at radius 3 is 3.09 bits per heavy atom. The van der Waals surface area contributed by atoms with Gasteiger partial charge < -0.3 is 10.6 Å². The first-order valence-corrected chi connectivity index (χ1v) is 9.30. The van der Waals surface area contributed by atoms with E-state index in [0.29, 0.717) is 12.0 Å². The smallest absolute Gasteiger partial charge is 0.124 e. The number of rotatable bonds is 5. The van der Waals surface area contributed by atoms with Crippen LogP contribution in [0.5, 0.6) is 0 Å². The van der Waals surface area contributed by atoms with Crippen molar-refractivity contribution in [3.05, 3.63) is 34.7 Å². The van der Waals surface area contributed by atoms with Crippen molar-refractivity contribution in [2.24, 2.45) is 11.8 Å². The monoisotopic (exact) mass is 316 g/mol. The Kier molecular flexibility index (Phi) is 4.17. The highest BCUT2D eigenvalue weighted by atomic mass is 32.1. The van der Waals surface area contributed by atoms with Gasteiger partial charge in [-0.25, -0.2) is 4.68 Å². The highest BCUT2D eigenvalue weighted by Gasteiger charge is 2.28. The lowest BCUT2D eigenvalue weighted by Gasteiger charge is -2.29. The zero-order chi connectivity index (χ0) is 14.8. The van der Waals surface area contributed by atoms with Crippen molar-refractivity contribution in [2.75, 3.05) is 18.4 Å². The van der Waals surface area contributed by atoms with Crippen molar-refractivity contribution in [3.8, 4) is 0 Å². The molecule has 1 aliphatic carbocycles. The fraction of sp³-hybridized carbons (Fsp3) is 0.588. The van der Waals surface area contributed by atoms with Crippen molar-refractivity contribution in [3.63, 3.8) is 0 Å². The molecule has 118 valence electrons. The molecule has 4 rings (SSSR count). The standard InChI is InChI=1S/C17H24N4S/c1-2-5-14(4-1)17(15-6-3-9-22-15)19-11-13-10-18-16-7-8-20-21(16)12-13/h3,6-9,13-14,17-19H,1-2,4-5,10-12H2/t13-,17-/m1/s1. The summed E-state index contributed by atoms with van der Waals surface area (Å²) in [6, 6.07) is 7.07. The van der Waals surface area contributed by atoms with Crippen LogP contribution in [0, 0.1) is 11.8 Å². The summed E-state index contributed by atoms with van der Waals surface area (Å²) in [6.07, 6.45) is 7.43. The van der Waals surface area contributed by atoms with Crippen molar-refractivity contribution in [2.45, 2.75) is 38.3 Å². The number of nitrogens with one attached hydrogen (secondary N) is 2. The van der Waals surface area contributed by atoms with Gasteiger partial charge in [0.2, 0.25) is 0 Å². The van der Waals surface area contributed by atoms with Crippen LogP contribution in [-0.2, 0) is 6.54 Å². The van der Waals surface area contributed by atoms with Crippen LogP contribution in [0.25, 0.3) is 0 Å². The van der Waals surface area contributed by atoms with Crippen molar-refractivity contribution in [1.29, 1.82) is 0 Å². The number of fused-ring (bicyclic) bond motifs is 1. The van der Waals surface area contributed by atoms with Crippen molar-refractivity contribution >= 4 is 17.2 Å². The van der Waals surface area contributed by atoms with E-state index < -0.39 is 0 Å². The van der Waals surface area contributed by atoms with Gasteiger partial charge in [0, 0.05) is 42.5 Å². The van der Waals surface area contributed by atoms with Gasteiger partial charge in [0.1, 0.15) is 5.82 Å². The molecule has 0 spiro atoms. The number of anilines is 1. The second kappa shape index (κ2) is 6.42. The Bertz CT molecular complexity index is 586. The van der Waals surface area contributed by atoms with Crippen LogP contribution in [0.1, 0.15) is 36.6 Å². The summed E-state index contributed by atoms with van der Waals surface area (Å²) in [6.45, 7) is 3.12. The van der Waals surface area contributed by atoms with Gasteiger partial charge in [-0.05, 0) is 30.2 Å². The van der Waals surface area contributed by atoms with Gasteiger partial charge >= 0.3 is 0 Å². The van der Waals surface area contributed by atoms with Crippen LogP contribution in [0.2, 0.25) is 0 Å². The lowest BCUT2D eigenvalue weighted by atomic mass is 9.96. The molecule has 0 aromatic carbocycles. The highest BCUT2D eigenvalue weighted by molar-refractivity contribution is 7.10. The topological polar surface area (TPSA) is 41.9 Å². The number of thiophene rings is 1. The molecule has 0 saturated heterocycles. The maximum absolute atomic E-state index is 4.39. The molecule has 0 unspecified atom stereocenters. The first kappa shape index (κ1) is 14.3. The molecule has 2 N–H and O–H groups in total. The summed E-state index contributed by atoms with van der Waals surface area (Å²) in [7, 11) is 0. The molecule has 5 heteroatoms. The molecule has 0 bridgehead atoms. The minimum Gasteiger partial charge on any atom is -0.370 e. The summed E-state index contributed by atoms with van der Waals surface area (Å²) in [5, 5.41) is 14.0. The third kappa shape index (κ3) is 2.92. The predicted molar refractivity (Wildman–Crippen MR) is 91.2 cm³/mol. The molecule has 0 amide bonds. The van der Waals surface area contributed by atoms with E-state index in [1.165, 1.54) is 30.6 Å². The normalized spacial score (nSPS) is 23.2. The molecule has 0 radical (unpaired) electrons. The van der Waals surface area contributed by atoms with Crippen molar-refractivity contribution < 1.29 is 0 Å². The molecule has 2 aromatic rings. The van der Waals surface area contributed by atoms with Gasteiger partial charge in [0.25, 0.3) is 0 Å². The molecule has 2 aromatic heterocycles. The summed E-state index contributed by atoms with van der Waals surface area (Å²) in [5.74, 6) is 2.58. The molecular formula is C17H24N4S. The maximum Gasteiger partial charge on any atom is 0.124 e. The van der Waals surface area contributed by atoms with E-state index in [-0.39, 0.29) is 0 Å². The fourth-order valence-electron chi connectivity index (χ4n) is 3.88. The third-order valence-electron chi connectivity index (χ3n) is 5.07. The maximum atomic E-state index is 4.39. The SMILES string of the molecule is c1csc([C@H](NC[C@H]2CNc3ccnn3C2)C2CCCC2)c1. The average molecular weight is 316 g/mol. The van der Waals surface area contributed by atoms with Gasteiger partial charge in [-0.2, -0.15) is 5.10 Å². The Morgan fingerprint density at radius 2 is 2.27 bits per heavy atom. The number of hydrogen-bond donors (Lipinski definition) is 2. The first-order valence-electron chi connectivity index (χ1n) is 8.42. The number of aromatic nitrogens is 2. The second-order valence-electron chi connectivity index (χ2n) is 6.59. The number of hydrogen-bond acceptors (Lipinski definition) is 4. The van der Waals surface area contributed by atoms with Crippen LogP contribution in [0.15, 0.2) is 29.8 Å².